The molecule has 1 aromatic heterocycles. The van der Waals surface area contributed by atoms with Gasteiger partial charge >= 0.3 is 5.97 Å². The molecule has 17 heavy (non-hydrogen) atoms. The Balaban J connectivity index is 2.31. The van der Waals surface area contributed by atoms with Crippen molar-refractivity contribution in [3.8, 4) is 0 Å². The highest BCUT2D eigenvalue weighted by Crippen LogP contribution is 2.09. The van der Waals surface area contributed by atoms with Crippen LogP contribution >= 0.6 is 15.9 Å². The lowest BCUT2D eigenvalue weighted by Crippen LogP contribution is -2.31. The Hall–Kier alpha value is -0.940. The third kappa shape index (κ3) is 6.38. The van der Waals surface area contributed by atoms with Gasteiger partial charge in [0.25, 0.3) is 0 Å². The molecule has 0 bridgehead atoms. The fraction of sp³-hybridized carbons (Fsp3) is 0.500. The first kappa shape index (κ1) is 14.1. The van der Waals surface area contributed by atoms with Gasteiger partial charge in [-0.05, 0) is 32.9 Å². The molecule has 5 heteroatoms. The number of nitrogens with zero attached hydrogens (tertiary/aromatic N) is 1. The zero-order valence-electron chi connectivity index (χ0n) is 10.3. The van der Waals surface area contributed by atoms with Gasteiger partial charge in [-0.2, -0.15) is 0 Å². The van der Waals surface area contributed by atoms with Crippen molar-refractivity contribution in [2.45, 2.75) is 32.9 Å². The summed E-state index contributed by atoms with van der Waals surface area (Å²) in [6, 6.07) is 3.76. The van der Waals surface area contributed by atoms with Gasteiger partial charge < -0.3 is 10.1 Å². The minimum atomic E-state index is -0.438. The zero-order valence-corrected chi connectivity index (χ0v) is 11.9. The van der Waals surface area contributed by atoms with Gasteiger partial charge in [0.1, 0.15) is 5.60 Å². The van der Waals surface area contributed by atoms with Crippen LogP contribution in [-0.4, -0.2) is 23.1 Å². The minimum absolute atomic E-state index is 0.186. The van der Waals surface area contributed by atoms with Gasteiger partial charge in [-0.3, -0.25) is 9.78 Å². The van der Waals surface area contributed by atoms with Gasteiger partial charge in [0.15, 0.2) is 0 Å². The number of esters is 1. The Morgan fingerprint density at radius 2 is 2.24 bits per heavy atom. The van der Waals surface area contributed by atoms with E-state index < -0.39 is 5.60 Å². The Morgan fingerprint density at radius 3 is 2.82 bits per heavy atom. The summed E-state index contributed by atoms with van der Waals surface area (Å²) in [6.07, 6.45) is 1.72. The number of ether oxygens (including phenoxy) is 1. The average molecular weight is 301 g/mol. The van der Waals surface area contributed by atoms with Crippen LogP contribution in [0.3, 0.4) is 0 Å². The fourth-order valence-electron chi connectivity index (χ4n) is 1.22. The number of halogens is 1. The predicted octanol–water partition coefficient (Wildman–Crippen LogP) is 2.28. The molecular weight excluding hydrogens is 284 g/mol. The van der Waals surface area contributed by atoms with Crippen LogP contribution < -0.4 is 5.32 Å². The van der Waals surface area contributed by atoms with E-state index in [1.165, 1.54) is 0 Å². The number of hydrogen-bond acceptors (Lipinski definition) is 4. The van der Waals surface area contributed by atoms with Crippen LogP contribution in [0, 0.1) is 0 Å². The molecule has 94 valence electrons. The maximum Gasteiger partial charge on any atom is 0.320 e. The molecule has 0 atom stereocenters. The number of aromatic nitrogens is 1. The monoisotopic (exact) mass is 300 g/mol. The van der Waals surface area contributed by atoms with Crippen LogP contribution in [0.4, 0.5) is 0 Å². The lowest BCUT2D eigenvalue weighted by Gasteiger charge is -2.19. The normalized spacial score (nSPS) is 11.3. The molecule has 0 amide bonds. The quantitative estimate of drug-likeness (QED) is 0.867. The molecular formula is C12H17BrN2O2. The second-order valence-corrected chi connectivity index (χ2v) is 5.57. The van der Waals surface area contributed by atoms with E-state index in [2.05, 4.69) is 26.2 Å². The summed E-state index contributed by atoms with van der Waals surface area (Å²) in [4.78, 5) is 15.6. The van der Waals surface area contributed by atoms with E-state index in [0.29, 0.717) is 6.54 Å². The molecule has 0 spiro atoms. The Kier molecular flexibility index (Phi) is 5.08. The molecule has 0 fully saturated rings. The number of nitrogens with one attached hydrogen (secondary N) is 1. The highest BCUT2D eigenvalue weighted by atomic mass is 79.9. The van der Waals surface area contributed by atoms with E-state index in [1.807, 2.05) is 32.9 Å². The van der Waals surface area contributed by atoms with E-state index in [-0.39, 0.29) is 12.5 Å². The summed E-state index contributed by atoms with van der Waals surface area (Å²) in [7, 11) is 0. The van der Waals surface area contributed by atoms with Gasteiger partial charge in [-0.25, -0.2) is 0 Å². The maximum absolute atomic E-state index is 11.4. The molecule has 0 aromatic carbocycles. The number of carbonyl (C=O) groups excluding carboxylic acids is 1. The fourth-order valence-corrected chi connectivity index (χ4v) is 1.60. The Labute approximate surface area is 110 Å². The van der Waals surface area contributed by atoms with E-state index in [9.17, 15) is 4.79 Å². The summed E-state index contributed by atoms with van der Waals surface area (Å²) in [5.41, 5.74) is 0.440. The molecule has 0 aliphatic rings. The van der Waals surface area contributed by atoms with Gasteiger partial charge in [0, 0.05) is 17.2 Å². The maximum atomic E-state index is 11.4. The van der Waals surface area contributed by atoms with Crippen molar-refractivity contribution >= 4 is 21.9 Å². The van der Waals surface area contributed by atoms with Crippen molar-refractivity contribution in [2.24, 2.45) is 0 Å². The van der Waals surface area contributed by atoms with Crippen LogP contribution in [0.15, 0.2) is 22.8 Å². The van der Waals surface area contributed by atoms with Crippen molar-refractivity contribution in [3.05, 3.63) is 28.5 Å². The van der Waals surface area contributed by atoms with E-state index in [4.69, 9.17) is 4.74 Å². The average Bonchev–Trinajstić information content (AvgIpc) is 2.14. The molecule has 1 rings (SSSR count). The van der Waals surface area contributed by atoms with Crippen molar-refractivity contribution in [1.29, 1.82) is 0 Å². The molecule has 0 saturated carbocycles. The van der Waals surface area contributed by atoms with Gasteiger partial charge in [0.05, 0.1) is 12.2 Å². The number of hydrogen-bond donors (Lipinski definition) is 1. The molecule has 0 radical (unpaired) electrons. The summed E-state index contributed by atoms with van der Waals surface area (Å²) >= 11 is 3.36. The summed E-state index contributed by atoms with van der Waals surface area (Å²) in [5, 5.41) is 2.99. The first-order chi connectivity index (χ1) is 7.87. The summed E-state index contributed by atoms with van der Waals surface area (Å²) in [5.74, 6) is -0.257. The molecule has 0 aliphatic carbocycles. The minimum Gasteiger partial charge on any atom is -0.459 e. The predicted molar refractivity (Wildman–Crippen MR) is 69.5 cm³/mol. The van der Waals surface area contributed by atoms with Crippen molar-refractivity contribution in [3.63, 3.8) is 0 Å². The molecule has 0 unspecified atom stereocenters. The first-order valence-corrected chi connectivity index (χ1v) is 6.19. The smallest absolute Gasteiger partial charge is 0.320 e. The number of pyridine rings is 1. The molecule has 1 heterocycles. The molecule has 4 nitrogen and oxygen atoms in total. The van der Waals surface area contributed by atoms with Crippen molar-refractivity contribution in [1.82, 2.24) is 10.3 Å². The lowest BCUT2D eigenvalue weighted by molar-refractivity contribution is -0.153. The molecule has 1 N–H and O–H groups in total. The molecule has 0 saturated heterocycles. The molecule has 0 aliphatic heterocycles. The van der Waals surface area contributed by atoms with Crippen molar-refractivity contribution in [2.75, 3.05) is 6.54 Å². The van der Waals surface area contributed by atoms with Crippen LogP contribution in [0.1, 0.15) is 26.5 Å². The van der Waals surface area contributed by atoms with E-state index in [0.717, 1.165) is 10.2 Å². The van der Waals surface area contributed by atoms with E-state index >= 15 is 0 Å². The Morgan fingerprint density at radius 1 is 1.53 bits per heavy atom. The van der Waals surface area contributed by atoms with Crippen LogP contribution in [0.5, 0.6) is 0 Å². The highest BCUT2D eigenvalue weighted by molar-refractivity contribution is 9.10. The van der Waals surface area contributed by atoms with Gasteiger partial charge in [-0.1, -0.05) is 15.9 Å². The zero-order chi connectivity index (χ0) is 12.9. The third-order valence-corrected chi connectivity index (χ3v) is 2.27. The Bertz CT molecular complexity index is 388. The highest BCUT2D eigenvalue weighted by Gasteiger charge is 2.15. The van der Waals surface area contributed by atoms with Crippen LogP contribution in [-0.2, 0) is 16.1 Å². The SMILES string of the molecule is CC(C)(C)OC(=O)CNCc1cc(Br)ccn1. The largest absolute Gasteiger partial charge is 0.459 e. The van der Waals surface area contributed by atoms with Gasteiger partial charge in [0.2, 0.25) is 0 Å². The van der Waals surface area contributed by atoms with Crippen LogP contribution in [0.2, 0.25) is 0 Å². The second-order valence-electron chi connectivity index (χ2n) is 4.66. The van der Waals surface area contributed by atoms with E-state index in [1.54, 1.807) is 6.20 Å². The molecule has 1 aromatic rings. The number of rotatable bonds is 4. The van der Waals surface area contributed by atoms with Gasteiger partial charge in [-0.15, -0.1) is 0 Å². The second kappa shape index (κ2) is 6.12. The number of carbonyl (C=O) groups is 1. The van der Waals surface area contributed by atoms with Crippen molar-refractivity contribution < 1.29 is 9.53 Å². The summed E-state index contributed by atoms with van der Waals surface area (Å²) < 4.78 is 6.14. The topological polar surface area (TPSA) is 51.2 Å². The van der Waals surface area contributed by atoms with Crippen LogP contribution in [0.25, 0.3) is 0 Å². The first-order valence-electron chi connectivity index (χ1n) is 5.40. The third-order valence-electron chi connectivity index (χ3n) is 1.77. The summed E-state index contributed by atoms with van der Waals surface area (Å²) in [6.45, 7) is 6.27. The standard InChI is InChI=1S/C12H17BrN2O2/c1-12(2,3)17-11(16)8-14-7-10-6-9(13)4-5-15-10/h4-6,14H,7-8H2,1-3H3. The lowest BCUT2D eigenvalue weighted by atomic mass is 10.2.